The molecule has 0 saturated heterocycles. The summed E-state index contributed by atoms with van der Waals surface area (Å²) >= 11 is 0. The van der Waals surface area contributed by atoms with Crippen LogP contribution >= 0.6 is 0 Å². The van der Waals surface area contributed by atoms with Gasteiger partial charge in [0.15, 0.2) is 11.5 Å². The second kappa shape index (κ2) is 9.15. The van der Waals surface area contributed by atoms with E-state index in [4.69, 9.17) is 9.47 Å². The van der Waals surface area contributed by atoms with E-state index in [9.17, 15) is 4.79 Å². The van der Waals surface area contributed by atoms with Crippen LogP contribution in [0.2, 0.25) is 0 Å². The van der Waals surface area contributed by atoms with Crippen molar-refractivity contribution in [2.24, 2.45) is 0 Å². The molecule has 0 aromatic heterocycles. The molecule has 29 heavy (non-hydrogen) atoms. The molecule has 2 amide bonds. The van der Waals surface area contributed by atoms with E-state index in [1.54, 1.807) is 23.9 Å². The summed E-state index contributed by atoms with van der Waals surface area (Å²) in [6, 6.07) is 24.4. The van der Waals surface area contributed by atoms with Gasteiger partial charge in [0.25, 0.3) is 0 Å². The molecule has 0 bridgehead atoms. The SMILES string of the molecule is CC(C)Oc1cc(N(C)C(=O)N(C)c2ccccc2)ccc1Oc1ccccc1. The zero-order valence-corrected chi connectivity index (χ0v) is 17.2. The number of anilines is 2. The predicted molar refractivity (Wildman–Crippen MR) is 117 cm³/mol. The number of rotatable bonds is 6. The summed E-state index contributed by atoms with van der Waals surface area (Å²) in [5.74, 6) is 1.91. The van der Waals surface area contributed by atoms with Crippen LogP contribution < -0.4 is 19.3 Å². The summed E-state index contributed by atoms with van der Waals surface area (Å²) in [4.78, 5) is 16.1. The maximum atomic E-state index is 12.9. The minimum absolute atomic E-state index is 0.0311. The van der Waals surface area contributed by atoms with Crippen LogP contribution in [0.3, 0.4) is 0 Å². The van der Waals surface area contributed by atoms with Crippen molar-refractivity contribution in [2.75, 3.05) is 23.9 Å². The van der Waals surface area contributed by atoms with E-state index in [2.05, 4.69) is 0 Å². The third-order valence-electron chi connectivity index (χ3n) is 4.37. The first kappa shape index (κ1) is 20.3. The van der Waals surface area contributed by atoms with Gasteiger partial charge in [-0.25, -0.2) is 4.79 Å². The molecule has 0 spiro atoms. The van der Waals surface area contributed by atoms with Gasteiger partial charge in [-0.2, -0.15) is 0 Å². The number of carbonyl (C=O) groups excluding carboxylic acids is 1. The highest BCUT2D eigenvalue weighted by atomic mass is 16.5. The highest BCUT2D eigenvalue weighted by Gasteiger charge is 2.19. The lowest BCUT2D eigenvalue weighted by Crippen LogP contribution is -2.38. The number of hydrogen-bond acceptors (Lipinski definition) is 3. The van der Waals surface area contributed by atoms with E-state index < -0.39 is 0 Å². The van der Waals surface area contributed by atoms with E-state index in [1.165, 1.54) is 0 Å². The summed E-state index contributed by atoms with van der Waals surface area (Å²) < 4.78 is 11.9. The van der Waals surface area contributed by atoms with Crippen LogP contribution in [0.15, 0.2) is 78.9 Å². The monoisotopic (exact) mass is 390 g/mol. The molecule has 0 radical (unpaired) electrons. The van der Waals surface area contributed by atoms with Crippen LogP contribution in [-0.2, 0) is 0 Å². The minimum Gasteiger partial charge on any atom is -0.487 e. The van der Waals surface area contributed by atoms with E-state index in [-0.39, 0.29) is 12.1 Å². The average molecular weight is 390 g/mol. The van der Waals surface area contributed by atoms with Crippen LogP contribution in [0, 0.1) is 0 Å². The van der Waals surface area contributed by atoms with Crippen molar-refractivity contribution < 1.29 is 14.3 Å². The second-order valence-electron chi connectivity index (χ2n) is 6.95. The smallest absolute Gasteiger partial charge is 0.328 e. The molecule has 0 atom stereocenters. The van der Waals surface area contributed by atoms with Crippen LogP contribution in [0.1, 0.15) is 13.8 Å². The quantitative estimate of drug-likeness (QED) is 0.522. The summed E-state index contributed by atoms with van der Waals surface area (Å²) in [5.41, 5.74) is 1.54. The lowest BCUT2D eigenvalue weighted by Gasteiger charge is -2.26. The van der Waals surface area contributed by atoms with Gasteiger partial charge in [0, 0.05) is 31.5 Å². The number of nitrogens with zero attached hydrogens (tertiary/aromatic N) is 2. The van der Waals surface area contributed by atoms with Crippen LogP contribution in [0.5, 0.6) is 17.2 Å². The van der Waals surface area contributed by atoms with E-state index in [1.807, 2.05) is 92.7 Å². The van der Waals surface area contributed by atoms with Gasteiger partial charge in [0.05, 0.1) is 6.10 Å². The second-order valence-corrected chi connectivity index (χ2v) is 6.95. The molecular formula is C24H26N2O3. The Kier molecular flexibility index (Phi) is 6.39. The molecule has 0 N–H and O–H groups in total. The van der Waals surface area contributed by atoms with Crippen molar-refractivity contribution in [1.82, 2.24) is 0 Å². The fraction of sp³-hybridized carbons (Fsp3) is 0.208. The number of para-hydroxylation sites is 2. The Morgan fingerprint density at radius 2 is 1.34 bits per heavy atom. The summed E-state index contributed by atoms with van der Waals surface area (Å²) in [7, 11) is 3.50. The molecule has 0 heterocycles. The molecule has 3 aromatic carbocycles. The van der Waals surface area contributed by atoms with Crippen molar-refractivity contribution in [1.29, 1.82) is 0 Å². The molecule has 5 nitrogen and oxygen atoms in total. The first-order valence-corrected chi connectivity index (χ1v) is 9.56. The van der Waals surface area contributed by atoms with Gasteiger partial charge >= 0.3 is 6.03 Å². The summed E-state index contributed by atoms with van der Waals surface area (Å²) in [6.07, 6.45) is -0.0311. The fourth-order valence-electron chi connectivity index (χ4n) is 2.85. The standard InChI is InChI=1S/C24H26N2O3/c1-18(2)28-23-17-20(15-16-22(23)29-21-13-9-6-10-14-21)26(4)24(27)25(3)19-11-7-5-8-12-19/h5-18H,1-4H3. The van der Waals surface area contributed by atoms with Crippen LogP contribution in [0.25, 0.3) is 0 Å². The summed E-state index contributed by atoms with van der Waals surface area (Å²) in [6.45, 7) is 3.91. The van der Waals surface area contributed by atoms with Gasteiger partial charge in [-0.05, 0) is 50.2 Å². The molecule has 0 saturated carbocycles. The Morgan fingerprint density at radius 1 is 0.759 bits per heavy atom. The number of urea groups is 1. The third kappa shape index (κ3) is 5.08. The van der Waals surface area contributed by atoms with E-state index in [0.717, 1.165) is 11.4 Å². The van der Waals surface area contributed by atoms with Crippen LogP contribution in [0.4, 0.5) is 16.2 Å². The lowest BCUT2D eigenvalue weighted by atomic mass is 10.2. The van der Waals surface area contributed by atoms with Crippen molar-refractivity contribution in [2.45, 2.75) is 20.0 Å². The van der Waals surface area contributed by atoms with Gasteiger partial charge in [-0.1, -0.05) is 36.4 Å². The normalized spacial score (nSPS) is 10.5. The Hall–Kier alpha value is -3.47. The number of benzene rings is 3. The molecule has 0 aliphatic carbocycles. The van der Waals surface area contributed by atoms with Crippen LogP contribution in [-0.4, -0.2) is 26.2 Å². The Labute approximate surface area is 172 Å². The predicted octanol–water partition coefficient (Wildman–Crippen LogP) is 5.96. The number of hydrogen-bond donors (Lipinski definition) is 0. The maximum absolute atomic E-state index is 12.9. The molecule has 3 aromatic rings. The largest absolute Gasteiger partial charge is 0.487 e. The minimum atomic E-state index is -0.150. The highest BCUT2D eigenvalue weighted by Crippen LogP contribution is 2.36. The zero-order chi connectivity index (χ0) is 20.8. The third-order valence-corrected chi connectivity index (χ3v) is 4.37. The molecule has 150 valence electrons. The number of carbonyl (C=O) groups is 1. The lowest BCUT2D eigenvalue weighted by molar-refractivity contribution is 0.233. The topological polar surface area (TPSA) is 42.0 Å². The van der Waals surface area contributed by atoms with Crippen molar-refractivity contribution in [3.8, 4) is 17.2 Å². The van der Waals surface area contributed by atoms with E-state index in [0.29, 0.717) is 17.2 Å². The first-order chi connectivity index (χ1) is 14.0. The fourth-order valence-corrected chi connectivity index (χ4v) is 2.85. The summed E-state index contributed by atoms with van der Waals surface area (Å²) in [5, 5.41) is 0. The average Bonchev–Trinajstić information content (AvgIpc) is 2.74. The molecule has 0 aliphatic rings. The van der Waals surface area contributed by atoms with Gasteiger partial charge < -0.3 is 9.47 Å². The van der Waals surface area contributed by atoms with E-state index >= 15 is 0 Å². The molecular weight excluding hydrogens is 364 g/mol. The number of amides is 2. The van der Waals surface area contributed by atoms with Crippen molar-refractivity contribution >= 4 is 17.4 Å². The van der Waals surface area contributed by atoms with Gasteiger partial charge in [0.2, 0.25) is 0 Å². The van der Waals surface area contributed by atoms with Crippen molar-refractivity contribution in [3.63, 3.8) is 0 Å². The molecule has 0 unspecified atom stereocenters. The Balaban J connectivity index is 1.86. The maximum Gasteiger partial charge on any atom is 0.328 e. The number of ether oxygens (including phenoxy) is 2. The Morgan fingerprint density at radius 3 is 1.97 bits per heavy atom. The van der Waals surface area contributed by atoms with Gasteiger partial charge in [0.1, 0.15) is 5.75 Å². The molecule has 0 aliphatic heterocycles. The molecule has 3 rings (SSSR count). The van der Waals surface area contributed by atoms with Gasteiger partial charge in [-0.3, -0.25) is 9.80 Å². The zero-order valence-electron chi connectivity index (χ0n) is 17.2. The molecule has 0 fully saturated rings. The highest BCUT2D eigenvalue weighted by molar-refractivity contribution is 6.02. The van der Waals surface area contributed by atoms with Crippen molar-refractivity contribution in [3.05, 3.63) is 78.9 Å². The van der Waals surface area contributed by atoms with Gasteiger partial charge in [-0.15, -0.1) is 0 Å². The molecule has 5 heteroatoms. The first-order valence-electron chi connectivity index (χ1n) is 9.56. The Bertz CT molecular complexity index is 943.